The molecular formula is C16H16ClN3. The largest absolute Gasteiger partial charge is 0.398 e. The van der Waals surface area contributed by atoms with Crippen molar-refractivity contribution in [1.29, 1.82) is 0 Å². The van der Waals surface area contributed by atoms with Crippen LogP contribution in [0.15, 0.2) is 36.7 Å². The normalized spacial score (nSPS) is 11.2. The fourth-order valence-electron chi connectivity index (χ4n) is 2.33. The van der Waals surface area contributed by atoms with Gasteiger partial charge in [-0.25, -0.2) is 4.98 Å². The second kappa shape index (κ2) is 4.84. The van der Waals surface area contributed by atoms with E-state index < -0.39 is 0 Å². The third-order valence-electron chi connectivity index (χ3n) is 3.65. The van der Waals surface area contributed by atoms with Crippen LogP contribution in [0.25, 0.3) is 11.0 Å². The maximum Gasteiger partial charge on any atom is 0.0961 e. The Morgan fingerprint density at radius 1 is 1.15 bits per heavy atom. The van der Waals surface area contributed by atoms with E-state index in [1.54, 1.807) is 0 Å². The van der Waals surface area contributed by atoms with Crippen LogP contribution in [0, 0.1) is 13.8 Å². The number of nitrogens with two attached hydrogens (primary N) is 1. The summed E-state index contributed by atoms with van der Waals surface area (Å²) in [4.78, 5) is 4.46. The number of aromatic nitrogens is 2. The molecule has 0 aliphatic rings. The number of fused-ring (bicyclic) bond motifs is 1. The molecule has 0 fully saturated rings. The van der Waals surface area contributed by atoms with Gasteiger partial charge in [0.2, 0.25) is 0 Å². The van der Waals surface area contributed by atoms with E-state index in [-0.39, 0.29) is 0 Å². The van der Waals surface area contributed by atoms with Crippen LogP contribution < -0.4 is 5.73 Å². The number of rotatable bonds is 2. The fourth-order valence-corrected chi connectivity index (χ4v) is 2.45. The number of halogens is 1. The number of hydrogen-bond acceptors (Lipinski definition) is 2. The molecular weight excluding hydrogens is 270 g/mol. The van der Waals surface area contributed by atoms with Crippen LogP contribution in [0.3, 0.4) is 0 Å². The molecule has 20 heavy (non-hydrogen) atoms. The minimum absolute atomic E-state index is 0.593. The average Bonchev–Trinajstić information content (AvgIpc) is 2.77. The first-order chi connectivity index (χ1) is 9.54. The Balaban J connectivity index is 2.02. The number of nitrogens with zero attached hydrogens (tertiary/aromatic N) is 2. The van der Waals surface area contributed by atoms with Crippen molar-refractivity contribution in [3.05, 3.63) is 58.4 Å². The van der Waals surface area contributed by atoms with Crippen LogP contribution in [0.5, 0.6) is 0 Å². The molecule has 2 N–H and O–H groups in total. The van der Waals surface area contributed by atoms with Crippen molar-refractivity contribution in [2.24, 2.45) is 0 Å². The quantitative estimate of drug-likeness (QED) is 0.725. The topological polar surface area (TPSA) is 43.8 Å². The zero-order valence-electron chi connectivity index (χ0n) is 11.5. The fraction of sp³-hybridized carbons (Fsp3) is 0.188. The molecule has 0 bridgehead atoms. The van der Waals surface area contributed by atoms with Crippen molar-refractivity contribution in [3.8, 4) is 0 Å². The van der Waals surface area contributed by atoms with Crippen LogP contribution >= 0.6 is 11.6 Å². The second-order valence-electron chi connectivity index (χ2n) is 5.15. The average molecular weight is 286 g/mol. The summed E-state index contributed by atoms with van der Waals surface area (Å²) >= 11 is 5.95. The van der Waals surface area contributed by atoms with Gasteiger partial charge < -0.3 is 10.3 Å². The summed E-state index contributed by atoms with van der Waals surface area (Å²) in [5, 5.41) is 0.593. The molecule has 4 heteroatoms. The van der Waals surface area contributed by atoms with E-state index in [0.29, 0.717) is 10.7 Å². The van der Waals surface area contributed by atoms with Gasteiger partial charge in [-0.15, -0.1) is 0 Å². The molecule has 2 aromatic carbocycles. The predicted octanol–water partition coefficient (Wildman–Crippen LogP) is 3.94. The van der Waals surface area contributed by atoms with E-state index in [1.807, 2.05) is 24.5 Å². The lowest BCUT2D eigenvalue weighted by molar-refractivity contribution is 0.824. The summed E-state index contributed by atoms with van der Waals surface area (Å²) in [6.07, 6.45) is 1.87. The van der Waals surface area contributed by atoms with E-state index in [9.17, 15) is 0 Å². The lowest BCUT2D eigenvalue weighted by Gasteiger charge is -2.07. The Morgan fingerprint density at radius 2 is 1.90 bits per heavy atom. The summed E-state index contributed by atoms with van der Waals surface area (Å²) in [5.41, 5.74) is 12.3. The van der Waals surface area contributed by atoms with E-state index in [1.165, 1.54) is 11.1 Å². The second-order valence-corrected chi connectivity index (χ2v) is 5.56. The van der Waals surface area contributed by atoms with E-state index in [2.05, 4.69) is 35.5 Å². The molecule has 0 atom stereocenters. The maximum absolute atomic E-state index is 5.95. The van der Waals surface area contributed by atoms with E-state index >= 15 is 0 Å². The molecule has 1 heterocycles. The van der Waals surface area contributed by atoms with Gasteiger partial charge in [0.1, 0.15) is 0 Å². The number of imidazole rings is 1. The minimum atomic E-state index is 0.593. The zero-order valence-corrected chi connectivity index (χ0v) is 12.3. The van der Waals surface area contributed by atoms with Crippen LogP contribution in [0.4, 0.5) is 5.69 Å². The Kier molecular flexibility index (Phi) is 3.14. The molecule has 0 spiro atoms. The van der Waals surface area contributed by atoms with Crippen molar-refractivity contribution < 1.29 is 0 Å². The Bertz CT molecular complexity index is 790. The number of aryl methyl sites for hydroxylation is 2. The molecule has 0 saturated carbocycles. The van der Waals surface area contributed by atoms with Crippen molar-refractivity contribution in [2.75, 3.05) is 5.73 Å². The molecule has 0 radical (unpaired) electrons. The molecule has 3 nitrogen and oxygen atoms in total. The summed E-state index contributed by atoms with van der Waals surface area (Å²) in [7, 11) is 0. The van der Waals surface area contributed by atoms with Gasteiger partial charge in [-0.3, -0.25) is 0 Å². The highest BCUT2D eigenvalue weighted by Gasteiger charge is 2.06. The van der Waals surface area contributed by atoms with Gasteiger partial charge in [-0.05, 0) is 54.8 Å². The third kappa shape index (κ3) is 2.25. The molecule has 0 aliphatic carbocycles. The van der Waals surface area contributed by atoms with Gasteiger partial charge in [0, 0.05) is 6.54 Å². The summed E-state index contributed by atoms with van der Waals surface area (Å²) < 4.78 is 2.13. The summed E-state index contributed by atoms with van der Waals surface area (Å²) in [6.45, 7) is 4.96. The van der Waals surface area contributed by atoms with Crippen molar-refractivity contribution in [3.63, 3.8) is 0 Å². The Morgan fingerprint density at radius 3 is 2.65 bits per heavy atom. The van der Waals surface area contributed by atoms with Crippen LogP contribution in [0.2, 0.25) is 5.02 Å². The Hall–Kier alpha value is -2.00. The van der Waals surface area contributed by atoms with Gasteiger partial charge in [-0.2, -0.15) is 0 Å². The highest BCUT2D eigenvalue weighted by atomic mass is 35.5. The molecule has 3 rings (SSSR count). The monoisotopic (exact) mass is 285 g/mol. The Labute approximate surface area is 123 Å². The lowest BCUT2D eigenvalue weighted by Crippen LogP contribution is -1.99. The minimum Gasteiger partial charge on any atom is -0.398 e. The first-order valence-corrected chi connectivity index (χ1v) is 6.88. The van der Waals surface area contributed by atoms with Gasteiger partial charge in [0.25, 0.3) is 0 Å². The highest BCUT2D eigenvalue weighted by molar-refractivity contribution is 6.33. The highest BCUT2D eigenvalue weighted by Crippen LogP contribution is 2.22. The van der Waals surface area contributed by atoms with Crippen molar-refractivity contribution in [2.45, 2.75) is 20.4 Å². The van der Waals surface area contributed by atoms with Crippen LogP contribution in [-0.4, -0.2) is 9.55 Å². The van der Waals surface area contributed by atoms with Crippen molar-refractivity contribution in [1.82, 2.24) is 9.55 Å². The molecule has 1 aromatic heterocycles. The SMILES string of the molecule is Cc1cc2ncn(Cc3ccc(Cl)c(N)c3)c2cc1C. The molecule has 3 aromatic rings. The molecule has 102 valence electrons. The number of benzene rings is 2. The number of nitrogen functional groups attached to an aromatic ring is 1. The van der Waals surface area contributed by atoms with Gasteiger partial charge in [-0.1, -0.05) is 17.7 Å². The first kappa shape index (κ1) is 13.0. The summed E-state index contributed by atoms with van der Waals surface area (Å²) in [5.74, 6) is 0. The molecule has 0 saturated heterocycles. The first-order valence-electron chi connectivity index (χ1n) is 6.50. The third-order valence-corrected chi connectivity index (χ3v) is 3.99. The standard InChI is InChI=1S/C16H16ClN3/c1-10-5-15-16(6-11(10)2)20(9-19-15)8-12-3-4-13(17)14(18)7-12/h3-7,9H,8,18H2,1-2H3. The van der Waals surface area contributed by atoms with Crippen molar-refractivity contribution >= 4 is 28.3 Å². The van der Waals surface area contributed by atoms with Crippen LogP contribution in [-0.2, 0) is 6.54 Å². The predicted molar refractivity (Wildman–Crippen MR) is 84.2 cm³/mol. The molecule has 0 unspecified atom stereocenters. The van der Waals surface area contributed by atoms with Crippen LogP contribution in [0.1, 0.15) is 16.7 Å². The zero-order chi connectivity index (χ0) is 14.3. The van der Waals surface area contributed by atoms with Gasteiger partial charge in [0.15, 0.2) is 0 Å². The number of hydrogen-bond donors (Lipinski definition) is 1. The van der Waals surface area contributed by atoms with Gasteiger partial charge in [0.05, 0.1) is 28.1 Å². The molecule has 0 amide bonds. The molecule has 0 aliphatic heterocycles. The lowest BCUT2D eigenvalue weighted by atomic mass is 10.1. The smallest absolute Gasteiger partial charge is 0.0961 e. The maximum atomic E-state index is 5.95. The summed E-state index contributed by atoms with van der Waals surface area (Å²) in [6, 6.07) is 10.0. The van der Waals surface area contributed by atoms with E-state index in [4.69, 9.17) is 17.3 Å². The van der Waals surface area contributed by atoms with E-state index in [0.717, 1.165) is 23.1 Å². The van der Waals surface area contributed by atoms with Gasteiger partial charge >= 0.3 is 0 Å². The number of anilines is 1.